The van der Waals surface area contributed by atoms with Gasteiger partial charge in [-0.3, -0.25) is 0 Å². The predicted molar refractivity (Wildman–Crippen MR) is 65.3 cm³/mol. The van der Waals surface area contributed by atoms with Crippen LogP contribution in [0.2, 0.25) is 0 Å². The van der Waals surface area contributed by atoms with Crippen LogP contribution in [-0.2, 0) is 11.4 Å². The fourth-order valence-corrected chi connectivity index (χ4v) is 2.44. The molecule has 2 fully saturated rings. The van der Waals surface area contributed by atoms with Gasteiger partial charge in [0.05, 0.1) is 6.21 Å². The van der Waals surface area contributed by atoms with Crippen LogP contribution in [-0.4, -0.2) is 15.5 Å². The molecule has 2 nitrogen and oxygen atoms in total. The van der Waals surface area contributed by atoms with Crippen molar-refractivity contribution in [1.82, 2.24) is 0 Å². The molecule has 0 heterocycles. The van der Waals surface area contributed by atoms with Gasteiger partial charge in [0.1, 0.15) is 16.1 Å². The number of hydrogen-bond acceptors (Lipinski definition) is 2. The topological polar surface area (TPSA) is 35.4 Å². The zero-order valence-electron chi connectivity index (χ0n) is 9.90. The van der Waals surface area contributed by atoms with E-state index in [4.69, 9.17) is 0 Å². The van der Waals surface area contributed by atoms with Gasteiger partial charge in [0, 0.05) is 5.92 Å². The summed E-state index contributed by atoms with van der Waals surface area (Å²) < 4.78 is 15.8. The molecule has 1 atom stereocenters. The highest BCUT2D eigenvalue weighted by atomic mass is 32.2. The summed E-state index contributed by atoms with van der Waals surface area (Å²) >= 11 is -1.07. The van der Waals surface area contributed by atoms with Crippen molar-refractivity contribution in [2.75, 3.05) is 0 Å². The van der Waals surface area contributed by atoms with E-state index in [1.165, 1.54) is 25.7 Å². The van der Waals surface area contributed by atoms with E-state index in [0.717, 1.165) is 11.8 Å². The predicted octanol–water partition coefficient (Wildman–Crippen LogP) is 2.96. The Labute approximate surface area is 95.9 Å². The first-order chi connectivity index (χ1) is 6.98. The third kappa shape index (κ3) is 3.22. The summed E-state index contributed by atoms with van der Waals surface area (Å²) in [6, 6.07) is 0. The third-order valence-electron chi connectivity index (χ3n) is 3.19. The Bertz CT molecular complexity index is 239. The van der Waals surface area contributed by atoms with Gasteiger partial charge in [-0.1, -0.05) is 4.40 Å². The van der Waals surface area contributed by atoms with Crippen molar-refractivity contribution in [3.8, 4) is 0 Å². The Morgan fingerprint density at radius 2 is 1.67 bits per heavy atom. The number of nitrogens with zero attached hydrogens (tertiary/aromatic N) is 1. The Hall–Kier alpha value is -0.0200. The van der Waals surface area contributed by atoms with Crippen LogP contribution in [0.15, 0.2) is 4.40 Å². The van der Waals surface area contributed by atoms with Crippen molar-refractivity contribution in [2.45, 2.75) is 51.2 Å². The molecule has 2 rings (SSSR count). The second-order valence-corrected chi connectivity index (χ2v) is 7.80. The van der Waals surface area contributed by atoms with E-state index in [-0.39, 0.29) is 4.75 Å². The second kappa shape index (κ2) is 4.10. The van der Waals surface area contributed by atoms with E-state index in [9.17, 15) is 4.55 Å². The highest BCUT2D eigenvalue weighted by molar-refractivity contribution is 7.91. The van der Waals surface area contributed by atoms with E-state index < -0.39 is 11.4 Å². The minimum atomic E-state index is -1.07. The van der Waals surface area contributed by atoms with Crippen LogP contribution in [0.5, 0.6) is 0 Å². The quantitative estimate of drug-likeness (QED) is 0.537. The van der Waals surface area contributed by atoms with E-state index in [1.807, 2.05) is 27.0 Å². The van der Waals surface area contributed by atoms with Crippen molar-refractivity contribution in [3.05, 3.63) is 0 Å². The molecule has 2 saturated carbocycles. The highest BCUT2D eigenvalue weighted by Crippen LogP contribution is 2.48. The minimum Gasteiger partial charge on any atom is -0.591 e. The van der Waals surface area contributed by atoms with Crippen LogP contribution in [0.1, 0.15) is 46.5 Å². The molecule has 2 aliphatic rings. The molecule has 1 unspecified atom stereocenters. The van der Waals surface area contributed by atoms with Gasteiger partial charge in [-0.25, -0.2) is 0 Å². The average Bonchev–Trinajstić information content (AvgIpc) is 2.98. The zero-order valence-corrected chi connectivity index (χ0v) is 10.7. The molecule has 0 aliphatic heterocycles. The normalized spacial score (nSPS) is 25.1. The zero-order chi connectivity index (χ0) is 11.1. The Morgan fingerprint density at radius 1 is 1.20 bits per heavy atom. The van der Waals surface area contributed by atoms with Crippen LogP contribution in [0.25, 0.3) is 0 Å². The molecule has 0 aromatic carbocycles. The van der Waals surface area contributed by atoms with Gasteiger partial charge in [-0.15, -0.1) is 0 Å². The van der Waals surface area contributed by atoms with Crippen LogP contribution < -0.4 is 0 Å². The molecule has 0 radical (unpaired) electrons. The van der Waals surface area contributed by atoms with E-state index >= 15 is 0 Å². The van der Waals surface area contributed by atoms with E-state index in [0.29, 0.717) is 5.92 Å². The van der Waals surface area contributed by atoms with Crippen molar-refractivity contribution in [1.29, 1.82) is 0 Å². The largest absolute Gasteiger partial charge is 0.591 e. The fraction of sp³-hybridized carbons (Fsp3) is 0.917. The molecule has 0 N–H and O–H groups in total. The van der Waals surface area contributed by atoms with E-state index in [2.05, 4.69) is 4.40 Å². The van der Waals surface area contributed by atoms with Crippen molar-refractivity contribution in [3.63, 3.8) is 0 Å². The summed E-state index contributed by atoms with van der Waals surface area (Å²) in [4.78, 5) is 0. The summed E-state index contributed by atoms with van der Waals surface area (Å²) in [5.41, 5.74) is 0. The molecule has 86 valence electrons. The number of hydrogen-bond donors (Lipinski definition) is 0. The minimum absolute atomic E-state index is 0.214. The standard InChI is InChI=1S/C12H21NOS/c1-12(2,3)15(14)13-8-11(9-4-5-9)10-6-7-10/h8-11H,4-7H2,1-3H3/b13-8-. The monoisotopic (exact) mass is 227 g/mol. The molecular formula is C12H21NOS. The SMILES string of the molecule is CC(C)(C)[S+]([O-])/N=C\C(C1CC1)C1CC1. The van der Waals surface area contributed by atoms with Gasteiger partial charge in [-0.05, 0) is 58.3 Å². The van der Waals surface area contributed by atoms with Gasteiger partial charge in [0.15, 0.2) is 0 Å². The molecule has 0 aromatic heterocycles. The van der Waals surface area contributed by atoms with E-state index in [1.54, 1.807) is 0 Å². The molecule has 0 bridgehead atoms. The third-order valence-corrected chi connectivity index (χ3v) is 4.55. The maximum absolute atomic E-state index is 11.8. The Balaban J connectivity index is 1.90. The van der Waals surface area contributed by atoms with Crippen LogP contribution in [0, 0.1) is 17.8 Å². The lowest BCUT2D eigenvalue weighted by Crippen LogP contribution is -2.26. The van der Waals surface area contributed by atoms with Crippen LogP contribution >= 0.6 is 0 Å². The summed E-state index contributed by atoms with van der Waals surface area (Å²) in [5.74, 6) is 2.35. The molecular weight excluding hydrogens is 206 g/mol. The summed E-state index contributed by atoms with van der Waals surface area (Å²) in [6.07, 6.45) is 7.44. The molecule has 0 aromatic rings. The highest BCUT2D eigenvalue weighted by Gasteiger charge is 2.41. The lowest BCUT2D eigenvalue weighted by atomic mass is 10.00. The summed E-state index contributed by atoms with van der Waals surface area (Å²) in [7, 11) is 0. The van der Waals surface area contributed by atoms with Crippen LogP contribution in [0.4, 0.5) is 0 Å². The summed E-state index contributed by atoms with van der Waals surface area (Å²) in [5, 5.41) is 0. The summed E-state index contributed by atoms with van der Waals surface area (Å²) in [6.45, 7) is 5.93. The smallest absolute Gasteiger partial charge is 0.144 e. The molecule has 2 aliphatic carbocycles. The lowest BCUT2D eigenvalue weighted by molar-refractivity contribution is 0.540. The van der Waals surface area contributed by atoms with Crippen molar-refractivity contribution in [2.24, 2.45) is 22.2 Å². The van der Waals surface area contributed by atoms with Gasteiger partial charge in [-0.2, -0.15) is 0 Å². The second-order valence-electron chi connectivity index (χ2n) is 5.87. The molecule has 0 saturated heterocycles. The average molecular weight is 227 g/mol. The maximum atomic E-state index is 11.8. The van der Waals surface area contributed by atoms with Crippen molar-refractivity contribution >= 4 is 17.6 Å². The first kappa shape index (κ1) is 11.5. The first-order valence-corrected chi connectivity index (χ1v) is 7.05. The molecule has 3 heteroatoms. The van der Waals surface area contributed by atoms with Gasteiger partial charge in [0.25, 0.3) is 0 Å². The van der Waals surface area contributed by atoms with Crippen molar-refractivity contribution < 1.29 is 4.55 Å². The van der Waals surface area contributed by atoms with Crippen LogP contribution in [0.3, 0.4) is 0 Å². The first-order valence-electron chi connectivity index (χ1n) is 5.94. The van der Waals surface area contributed by atoms with Gasteiger partial charge >= 0.3 is 0 Å². The molecule has 0 spiro atoms. The fourth-order valence-electron chi connectivity index (χ4n) is 1.87. The molecule has 0 amide bonds. The Kier molecular flexibility index (Phi) is 3.13. The van der Waals surface area contributed by atoms with Gasteiger partial charge < -0.3 is 4.55 Å². The molecule has 15 heavy (non-hydrogen) atoms. The number of rotatable bonds is 4. The van der Waals surface area contributed by atoms with Gasteiger partial charge in [0.2, 0.25) is 0 Å². The maximum Gasteiger partial charge on any atom is 0.144 e. The Morgan fingerprint density at radius 3 is 2.00 bits per heavy atom. The lowest BCUT2D eigenvalue weighted by Gasteiger charge is -2.18.